The summed E-state index contributed by atoms with van der Waals surface area (Å²) in [5.74, 6) is 0.0829. The van der Waals surface area contributed by atoms with E-state index in [0.717, 1.165) is 44.6 Å². The van der Waals surface area contributed by atoms with Gasteiger partial charge in [0, 0.05) is 27.6 Å². The van der Waals surface area contributed by atoms with Gasteiger partial charge < -0.3 is 4.57 Å². The molecule has 1 aromatic heterocycles. The molecule has 0 bridgehead atoms. The number of rotatable bonds is 3. The molecular formula is C38H25NO. The lowest BCUT2D eigenvalue weighted by Crippen LogP contribution is -2.38. The van der Waals surface area contributed by atoms with Crippen LogP contribution in [0.1, 0.15) is 38.2 Å². The fourth-order valence-electron chi connectivity index (χ4n) is 6.84. The van der Waals surface area contributed by atoms with Crippen LogP contribution < -0.4 is 0 Å². The van der Waals surface area contributed by atoms with Gasteiger partial charge in [-0.1, -0.05) is 121 Å². The second-order valence-electron chi connectivity index (χ2n) is 10.5. The molecule has 0 saturated heterocycles. The standard InChI is InChI=1S/C38H25NO/c40-37-30-18-7-10-20-33(30)38(26-13-3-1-4-14-26,34-21-11-8-19-31(34)37)27-23-24-36-32(25-27)29-17-9-12-22-35(29)39(36)28-15-5-2-6-16-28/h1-25H. The van der Waals surface area contributed by atoms with Gasteiger partial charge in [-0.05, 0) is 52.6 Å². The first-order valence-corrected chi connectivity index (χ1v) is 13.7. The molecule has 0 saturated carbocycles. The Morgan fingerprint density at radius 3 is 1.70 bits per heavy atom. The first-order valence-electron chi connectivity index (χ1n) is 13.7. The third-order valence-electron chi connectivity index (χ3n) is 8.48. The maximum atomic E-state index is 13.8. The number of hydrogen-bond acceptors (Lipinski definition) is 1. The Morgan fingerprint density at radius 1 is 0.450 bits per heavy atom. The number of carbonyl (C=O) groups is 1. The minimum atomic E-state index is -0.646. The Bertz CT molecular complexity index is 2020. The van der Waals surface area contributed by atoms with Crippen LogP contribution in [0.5, 0.6) is 0 Å². The Labute approximate surface area is 232 Å². The van der Waals surface area contributed by atoms with Crippen LogP contribution in [0.25, 0.3) is 27.5 Å². The van der Waals surface area contributed by atoms with Gasteiger partial charge >= 0.3 is 0 Å². The van der Waals surface area contributed by atoms with E-state index in [1.807, 2.05) is 24.3 Å². The lowest BCUT2D eigenvalue weighted by Gasteiger charge is -2.41. The van der Waals surface area contributed by atoms with E-state index in [-0.39, 0.29) is 5.78 Å². The van der Waals surface area contributed by atoms with Crippen molar-refractivity contribution < 1.29 is 4.79 Å². The minimum absolute atomic E-state index is 0.0829. The Kier molecular flexibility index (Phi) is 4.92. The maximum Gasteiger partial charge on any atom is 0.193 e. The highest BCUT2D eigenvalue weighted by Crippen LogP contribution is 2.51. The number of aromatic nitrogens is 1. The number of fused-ring (bicyclic) bond motifs is 5. The molecule has 188 valence electrons. The van der Waals surface area contributed by atoms with E-state index in [9.17, 15) is 4.79 Å². The molecule has 0 fully saturated rings. The summed E-state index contributed by atoms with van der Waals surface area (Å²) in [6, 6.07) is 52.9. The quantitative estimate of drug-likeness (QED) is 0.232. The van der Waals surface area contributed by atoms with Crippen LogP contribution in [-0.4, -0.2) is 10.4 Å². The highest BCUT2D eigenvalue weighted by Gasteiger charge is 2.46. The van der Waals surface area contributed by atoms with E-state index in [4.69, 9.17) is 0 Å². The minimum Gasteiger partial charge on any atom is -0.309 e. The number of para-hydroxylation sites is 2. The van der Waals surface area contributed by atoms with E-state index < -0.39 is 5.41 Å². The van der Waals surface area contributed by atoms with Crippen molar-refractivity contribution in [2.45, 2.75) is 5.41 Å². The summed E-state index contributed by atoms with van der Waals surface area (Å²) in [7, 11) is 0. The summed E-state index contributed by atoms with van der Waals surface area (Å²) in [6.07, 6.45) is 0. The van der Waals surface area contributed by atoms with Gasteiger partial charge in [-0.15, -0.1) is 0 Å². The van der Waals surface area contributed by atoms with Crippen molar-refractivity contribution in [2.75, 3.05) is 0 Å². The van der Waals surface area contributed by atoms with Gasteiger partial charge in [0.1, 0.15) is 0 Å². The summed E-state index contributed by atoms with van der Waals surface area (Å²) in [6.45, 7) is 0. The second-order valence-corrected chi connectivity index (χ2v) is 10.5. The predicted octanol–water partition coefficient (Wildman–Crippen LogP) is 8.71. The molecule has 1 aliphatic carbocycles. The fraction of sp³-hybridized carbons (Fsp3) is 0.0263. The molecule has 7 aromatic rings. The van der Waals surface area contributed by atoms with Crippen LogP contribution in [0.2, 0.25) is 0 Å². The Hall–Kier alpha value is -5.21. The summed E-state index contributed by atoms with van der Waals surface area (Å²) in [5, 5.41) is 2.40. The van der Waals surface area contributed by atoms with Crippen LogP contribution in [-0.2, 0) is 5.41 Å². The molecule has 0 spiro atoms. The van der Waals surface area contributed by atoms with E-state index in [2.05, 4.69) is 132 Å². The second kappa shape index (κ2) is 8.65. The molecule has 0 amide bonds. The van der Waals surface area contributed by atoms with Crippen molar-refractivity contribution in [1.29, 1.82) is 0 Å². The van der Waals surface area contributed by atoms with Gasteiger partial charge in [0.15, 0.2) is 5.78 Å². The van der Waals surface area contributed by atoms with Crippen LogP contribution >= 0.6 is 0 Å². The van der Waals surface area contributed by atoms with E-state index >= 15 is 0 Å². The van der Waals surface area contributed by atoms with Gasteiger partial charge in [0.25, 0.3) is 0 Å². The van der Waals surface area contributed by atoms with Crippen LogP contribution in [0, 0.1) is 0 Å². The van der Waals surface area contributed by atoms with E-state index in [0.29, 0.717) is 0 Å². The third-order valence-corrected chi connectivity index (χ3v) is 8.48. The summed E-state index contributed by atoms with van der Waals surface area (Å²) in [5.41, 5.74) is 8.69. The maximum absolute atomic E-state index is 13.8. The number of benzene rings is 6. The smallest absolute Gasteiger partial charge is 0.193 e. The highest BCUT2D eigenvalue weighted by molar-refractivity contribution is 6.14. The molecule has 8 rings (SSSR count). The number of hydrogen-bond donors (Lipinski definition) is 0. The van der Waals surface area contributed by atoms with Crippen molar-refractivity contribution in [1.82, 2.24) is 4.57 Å². The molecule has 0 unspecified atom stereocenters. The van der Waals surface area contributed by atoms with Crippen molar-refractivity contribution in [3.05, 3.63) is 185 Å². The van der Waals surface area contributed by atoms with Gasteiger partial charge in [0.2, 0.25) is 0 Å². The molecule has 40 heavy (non-hydrogen) atoms. The molecule has 2 heteroatoms. The first kappa shape index (κ1) is 22.7. The largest absolute Gasteiger partial charge is 0.309 e. The molecule has 2 nitrogen and oxygen atoms in total. The van der Waals surface area contributed by atoms with E-state index in [1.165, 1.54) is 16.3 Å². The SMILES string of the molecule is O=C1c2ccccc2C(c2ccccc2)(c2ccc3c(c2)c2ccccc2n3-c2ccccc2)c2ccccc21. The highest BCUT2D eigenvalue weighted by atomic mass is 16.1. The van der Waals surface area contributed by atoms with Crippen molar-refractivity contribution in [3.63, 3.8) is 0 Å². The van der Waals surface area contributed by atoms with Crippen molar-refractivity contribution in [3.8, 4) is 5.69 Å². The average Bonchev–Trinajstić information content (AvgIpc) is 3.36. The zero-order chi connectivity index (χ0) is 26.7. The summed E-state index contributed by atoms with van der Waals surface area (Å²) in [4.78, 5) is 13.8. The number of carbonyl (C=O) groups excluding carboxylic acids is 1. The zero-order valence-corrected chi connectivity index (χ0v) is 21.8. The fourth-order valence-corrected chi connectivity index (χ4v) is 6.84. The molecule has 1 heterocycles. The van der Waals surface area contributed by atoms with Gasteiger partial charge in [-0.2, -0.15) is 0 Å². The monoisotopic (exact) mass is 511 g/mol. The Morgan fingerprint density at radius 2 is 1.00 bits per heavy atom. The van der Waals surface area contributed by atoms with Gasteiger partial charge in [-0.25, -0.2) is 0 Å². The molecular weight excluding hydrogens is 486 g/mol. The normalized spacial score (nSPS) is 13.8. The topological polar surface area (TPSA) is 22.0 Å². The van der Waals surface area contributed by atoms with Gasteiger partial charge in [-0.3, -0.25) is 4.79 Å². The molecule has 1 aliphatic rings. The lowest BCUT2D eigenvalue weighted by molar-refractivity contribution is 0.103. The third kappa shape index (κ3) is 3.02. The Balaban J connectivity index is 1.53. The summed E-state index contributed by atoms with van der Waals surface area (Å²) >= 11 is 0. The molecule has 0 radical (unpaired) electrons. The summed E-state index contributed by atoms with van der Waals surface area (Å²) < 4.78 is 2.34. The predicted molar refractivity (Wildman–Crippen MR) is 163 cm³/mol. The van der Waals surface area contributed by atoms with Crippen molar-refractivity contribution in [2.24, 2.45) is 0 Å². The number of ketones is 1. The van der Waals surface area contributed by atoms with Crippen LogP contribution in [0.3, 0.4) is 0 Å². The lowest BCUT2D eigenvalue weighted by atomic mass is 9.59. The zero-order valence-electron chi connectivity index (χ0n) is 21.8. The van der Waals surface area contributed by atoms with Gasteiger partial charge in [0.05, 0.1) is 16.4 Å². The molecule has 6 aromatic carbocycles. The average molecular weight is 512 g/mol. The van der Waals surface area contributed by atoms with Crippen LogP contribution in [0.15, 0.2) is 152 Å². The van der Waals surface area contributed by atoms with E-state index in [1.54, 1.807) is 0 Å². The molecule has 0 aliphatic heterocycles. The molecule has 0 N–H and O–H groups in total. The van der Waals surface area contributed by atoms with Crippen LogP contribution in [0.4, 0.5) is 0 Å². The first-order chi connectivity index (χ1) is 19.8. The molecule has 0 atom stereocenters. The van der Waals surface area contributed by atoms with Crippen molar-refractivity contribution >= 4 is 27.6 Å². The number of nitrogens with zero attached hydrogens (tertiary/aromatic N) is 1.